The van der Waals surface area contributed by atoms with Crippen LogP contribution in [0, 0.1) is 0 Å². The summed E-state index contributed by atoms with van der Waals surface area (Å²) in [6, 6.07) is 10.1. The summed E-state index contributed by atoms with van der Waals surface area (Å²) in [5.41, 5.74) is 0.550. The molecule has 5 nitrogen and oxygen atoms in total. The minimum Gasteiger partial charge on any atom is -0.481 e. The maximum absolute atomic E-state index is 11.9. The van der Waals surface area contributed by atoms with Gasteiger partial charge in [-0.1, -0.05) is 37.3 Å². The van der Waals surface area contributed by atoms with E-state index in [-0.39, 0.29) is 12.3 Å². The van der Waals surface area contributed by atoms with Gasteiger partial charge in [0.05, 0.1) is 13.0 Å². The molecule has 0 spiro atoms. The van der Waals surface area contributed by atoms with Gasteiger partial charge >= 0.3 is 5.97 Å². The lowest BCUT2D eigenvalue weighted by atomic mass is 9.94. The second-order valence-corrected chi connectivity index (χ2v) is 5.98. The number of carbonyl (C=O) groups excluding carboxylic acids is 1. The fourth-order valence-electron chi connectivity index (χ4n) is 2.26. The quantitative estimate of drug-likeness (QED) is 0.615. The van der Waals surface area contributed by atoms with Gasteiger partial charge in [0.15, 0.2) is 0 Å². The van der Waals surface area contributed by atoms with Gasteiger partial charge in [0.2, 0.25) is 5.91 Å². The third kappa shape index (κ3) is 8.35. The Bertz CT molecular complexity index is 489. The van der Waals surface area contributed by atoms with Crippen LogP contribution in [0.1, 0.15) is 45.1 Å². The van der Waals surface area contributed by atoms with Crippen LogP contribution in [0.25, 0.3) is 0 Å². The van der Waals surface area contributed by atoms with Gasteiger partial charge in [-0.3, -0.25) is 9.59 Å². The Morgan fingerprint density at radius 2 is 1.91 bits per heavy atom. The van der Waals surface area contributed by atoms with Crippen LogP contribution < -0.4 is 5.32 Å². The van der Waals surface area contributed by atoms with E-state index in [1.165, 1.54) is 5.56 Å². The second-order valence-electron chi connectivity index (χ2n) is 5.98. The smallest absolute Gasteiger partial charge is 0.305 e. The van der Waals surface area contributed by atoms with Gasteiger partial charge in [0.1, 0.15) is 0 Å². The minimum atomic E-state index is -0.904. The van der Waals surface area contributed by atoms with E-state index >= 15 is 0 Å². The summed E-state index contributed by atoms with van der Waals surface area (Å²) in [5, 5.41) is 11.7. The highest BCUT2D eigenvalue weighted by molar-refractivity contribution is 5.78. The summed E-state index contributed by atoms with van der Waals surface area (Å²) in [5.74, 6) is -1.03. The first-order valence-corrected chi connectivity index (χ1v) is 8.09. The predicted molar refractivity (Wildman–Crippen MR) is 89.3 cm³/mol. The van der Waals surface area contributed by atoms with Gasteiger partial charge in [0.25, 0.3) is 0 Å². The molecule has 23 heavy (non-hydrogen) atoms. The van der Waals surface area contributed by atoms with E-state index < -0.39 is 11.5 Å². The maximum atomic E-state index is 11.9. The standard InChI is InChI=1S/C18H27NO4/c1-3-18(2,14-17(21)22)19-16(20)10-7-12-23-13-11-15-8-5-4-6-9-15/h4-6,8-9H,3,7,10-14H2,1-2H3,(H,19,20)(H,21,22). The Morgan fingerprint density at radius 3 is 2.52 bits per heavy atom. The lowest BCUT2D eigenvalue weighted by Gasteiger charge is -2.27. The lowest BCUT2D eigenvalue weighted by Crippen LogP contribution is -2.47. The molecule has 0 aromatic heterocycles. The first-order chi connectivity index (χ1) is 10.9. The van der Waals surface area contributed by atoms with E-state index in [9.17, 15) is 9.59 Å². The van der Waals surface area contributed by atoms with E-state index in [1.807, 2.05) is 25.1 Å². The largest absolute Gasteiger partial charge is 0.481 e. The molecule has 0 saturated heterocycles. The highest BCUT2D eigenvalue weighted by Crippen LogP contribution is 2.14. The van der Waals surface area contributed by atoms with Gasteiger partial charge in [-0.25, -0.2) is 0 Å². The third-order valence-electron chi connectivity index (χ3n) is 3.83. The molecule has 2 N–H and O–H groups in total. The molecule has 1 unspecified atom stereocenters. The molecule has 1 aromatic rings. The molecule has 0 aliphatic heterocycles. The Balaban J connectivity index is 2.15. The first-order valence-electron chi connectivity index (χ1n) is 8.09. The fourth-order valence-corrected chi connectivity index (χ4v) is 2.26. The zero-order valence-electron chi connectivity index (χ0n) is 14.0. The van der Waals surface area contributed by atoms with Crippen LogP contribution >= 0.6 is 0 Å². The summed E-state index contributed by atoms with van der Waals surface area (Å²) in [6.07, 6.45) is 2.36. The number of benzene rings is 1. The van der Waals surface area contributed by atoms with E-state index in [1.54, 1.807) is 6.92 Å². The summed E-state index contributed by atoms with van der Waals surface area (Å²) in [6.45, 7) is 4.80. The number of carboxylic acid groups (broad SMARTS) is 1. The van der Waals surface area contributed by atoms with Crippen LogP contribution in [0.15, 0.2) is 30.3 Å². The van der Waals surface area contributed by atoms with Crippen molar-refractivity contribution >= 4 is 11.9 Å². The highest BCUT2D eigenvalue weighted by Gasteiger charge is 2.27. The Labute approximate surface area is 138 Å². The Hall–Kier alpha value is -1.88. The van der Waals surface area contributed by atoms with Crippen molar-refractivity contribution in [1.29, 1.82) is 0 Å². The van der Waals surface area contributed by atoms with Crippen LogP contribution in [0.4, 0.5) is 0 Å². The maximum Gasteiger partial charge on any atom is 0.305 e. The van der Waals surface area contributed by atoms with E-state index in [2.05, 4.69) is 17.4 Å². The van der Waals surface area contributed by atoms with Gasteiger partial charge in [-0.15, -0.1) is 0 Å². The first kappa shape index (κ1) is 19.2. The number of nitrogens with one attached hydrogen (secondary N) is 1. The summed E-state index contributed by atoms with van der Waals surface area (Å²) in [4.78, 5) is 22.7. The second kappa shape index (κ2) is 10.0. The number of carboxylic acids is 1. The van der Waals surface area contributed by atoms with Crippen molar-refractivity contribution in [1.82, 2.24) is 5.32 Å². The van der Waals surface area contributed by atoms with Crippen molar-refractivity contribution in [3.8, 4) is 0 Å². The molecule has 0 aliphatic carbocycles. The molecule has 0 bridgehead atoms. The molecular formula is C18H27NO4. The fraction of sp³-hybridized carbons (Fsp3) is 0.556. The minimum absolute atomic E-state index is 0.0667. The molecule has 0 heterocycles. The Kier molecular flexibility index (Phi) is 8.33. The van der Waals surface area contributed by atoms with Gasteiger partial charge in [0, 0.05) is 18.6 Å². The molecule has 0 aliphatic rings. The van der Waals surface area contributed by atoms with E-state index in [4.69, 9.17) is 9.84 Å². The summed E-state index contributed by atoms with van der Waals surface area (Å²) in [7, 11) is 0. The monoisotopic (exact) mass is 321 g/mol. The number of aliphatic carboxylic acids is 1. The topological polar surface area (TPSA) is 75.6 Å². The predicted octanol–water partition coefficient (Wildman–Crippen LogP) is 2.79. The molecule has 5 heteroatoms. The number of hydrogen-bond acceptors (Lipinski definition) is 3. The van der Waals surface area contributed by atoms with Crippen molar-refractivity contribution in [3.05, 3.63) is 35.9 Å². The molecule has 1 aromatic carbocycles. The number of hydrogen-bond donors (Lipinski definition) is 2. The van der Waals surface area contributed by atoms with Crippen LogP contribution in [0.5, 0.6) is 0 Å². The number of ether oxygens (including phenoxy) is 1. The molecule has 1 rings (SSSR count). The van der Waals surface area contributed by atoms with Gasteiger partial charge in [-0.05, 0) is 31.7 Å². The van der Waals surface area contributed by atoms with Crippen molar-refractivity contribution in [2.75, 3.05) is 13.2 Å². The third-order valence-corrected chi connectivity index (χ3v) is 3.83. The van der Waals surface area contributed by atoms with Crippen LogP contribution in [-0.4, -0.2) is 35.7 Å². The molecule has 0 radical (unpaired) electrons. The van der Waals surface area contributed by atoms with Crippen molar-refractivity contribution in [3.63, 3.8) is 0 Å². The Morgan fingerprint density at radius 1 is 1.22 bits per heavy atom. The molecule has 128 valence electrons. The molecular weight excluding hydrogens is 294 g/mol. The lowest BCUT2D eigenvalue weighted by molar-refractivity contribution is -0.139. The number of carbonyl (C=O) groups is 2. The molecule has 1 atom stereocenters. The number of rotatable bonds is 11. The molecule has 0 fully saturated rings. The van der Waals surface area contributed by atoms with E-state index in [0.29, 0.717) is 32.5 Å². The van der Waals surface area contributed by atoms with E-state index in [0.717, 1.165) is 6.42 Å². The van der Waals surface area contributed by atoms with Crippen molar-refractivity contribution in [2.24, 2.45) is 0 Å². The zero-order chi connectivity index (χ0) is 17.1. The average Bonchev–Trinajstić information content (AvgIpc) is 2.51. The number of amides is 1. The van der Waals surface area contributed by atoms with Crippen LogP contribution in [0.3, 0.4) is 0 Å². The normalized spacial score (nSPS) is 13.3. The molecule has 1 amide bonds. The highest BCUT2D eigenvalue weighted by atomic mass is 16.5. The summed E-state index contributed by atoms with van der Waals surface area (Å²) >= 11 is 0. The molecule has 0 saturated carbocycles. The van der Waals surface area contributed by atoms with Gasteiger partial charge < -0.3 is 15.2 Å². The van der Waals surface area contributed by atoms with Crippen LogP contribution in [0.2, 0.25) is 0 Å². The SMILES string of the molecule is CCC(C)(CC(=O)O)NC(=O)CCCOCCc1ccccc1. The van der Waals surface area contributed by atoms with Crippen LogP contribution in [-0.2, 0) is 20.7 Å². The van der Waals surface area contributed by atoms with Crippen molar-refractivity contribution in [2.45, 2.75) is 51.5 Å². The van der Waals surface area contributed by atoms with Crippen molar-refractivity contribution < 1.29 is 19.4 Å². The zero-order valence-corrected chi connectivity index (χ0v) is 14.0. The van der Waals surface area contributed by atoms with Gasteiger partial charge in [-0.2, -0.15) is 0 Å². The average molecular weight is 321 g/mol. The summed E-state index contributed by atoms with van der Waals surface area (Å²) < 4.78 is 5.53.